The molecule has 0 saturated carbocycles. The Morgan fingerprint density at radius 3 is 2.70 bits per heavy atom. The van der Waals surface area contributed by atoms with E-state index in [1.807, 2.05) is 32.9 Å². The van der Waals surface area contributed by atoms with E-state index < -0.39 is 11.7 Å². The van der Waals surface area contributed by atoms with E-state index in [0.29, 0.717) is 5.82 Å². The fourth-order valence-corrected chi connectivity index (χ4v) is 3.54. The Balaban J connectivity index is 1.80. The minimum atomic E-state index is -0.538. The second-order valence-corrected chi connectivity index (χ2v) is 8.04. The van der Waals surface area contributed by atoms with Crippen molar-refractivity contribution >= 4 is 11.9 Å². The van der Waals surface area contributed by atoms with E-state index in [-0.39, 0.29) is 6.04 Å². The number of rotatable bonds is 4. The molecule has 2 aromatic rings. The summed E-state index contributed by atoms with van der Waals surface area (Å²) in [5.74, 6) is 0.594. The molecule has 3 rings (SSSR count). The molecule has 1 saturated heterocycles. The van der Waals surface area contributed by atoms with Gasteiger partial charge in [-0.05, 0) is 51.8 Å². The van der Waals surface area contributed by atoms with Gasteiger partial charge in [-0.3, -0.25) is 10.2 Å². The number of amides is 1. The van der Waals surface area contributed by atoms with E-state index in [4.69, 9.17) is 4.74 Å². The quantitative estimate of drug-likeness (QED) is 0.811. The molecule has 1 amide bonds. The van der Waals surface area contributed by atoms with Crippen molar-refractivity contribution in [2.75, 3.05) is 11.9 Å². The highest BCUT2D eigenvalue weighted by atomic mass is 16.6. The number of nitrogens with zero attached hydrogens (tertiary/aromatic N) is 2. The summed E-state index contributed by atoms with van der Waals surface area (Å²) >= 11 is 0. The number of benzene rings is 1. The average molecular weight is 367 g/mol. The van der Waals surface area contributed by atoms with Crippen LogP contribution in [0, 0.1) is 0 Å². The first-order valence-corrected chi connectivity index (χ1v) is 9.65. The first-order valence-electron chi connectivity index (χ1n) is 9.65. The van der Waals surface area contributed by atoms with E-state index >= 15 is 0 Å². The molecular formula is C22H29N3O2. The maximum absolute atomic E-state index is 12.2. The number of carbonyl (C=O) groups excluding carboxylic acids is 1. The lowest BCUT2D eigenvalue weighted by atomic mass is 9.95. The number of hydrogen-bond donors (Lipinski definition) is 1. The molecular weight excluding hydrogens is 338 g/mol. The maximum atomic E-state index is 12.2. The predicted octanol–water partition coefficient (Wildman–Crippen LogP) is 5.16. The molecule has 1 aromatic carbocycles. The number of hydrogen-bond acceptors (Lipinski definition) is 4. The zero-order valence-corrected chi connectivity index (χ0v) is 16.4. The number of anilines is 1. The van der Waals surface area contributed by atoms with Gasteiger partial charge in [0.15, 0.2) is 0 Å². The fraction of sp³-hybridized carbons (Fsp3) is 0.455. The number of carbonyl (C=O) groups is 1. The van der Waals surface area contributed by atoms with Gasteiger partial charge in [0.2, 0.25) is 0 Å². The smallest absolute Gasteiger partial charge is 0.413 e. The zero-order valence-electron chi connectivity index (χ0n) is 16.4. The monoisotopic (exact) mass is 367 g/mol. The van der Waals surface area contributed by atoms with Gasteiger partial charge in [0.25, 0.3) is 0 Å². The standard InChI is InChI=1S/C22H29N3O2/c1-22(2,3)27-21(26)24-20-18(12-9-14-23-20)19-13-7-8-15-25(19)16-17-10-5-4-6-11-17/h4-6,9-12,14,19H,7-8,13,15-16H2,1-3H3,(H,23,24,26). The van der Waals surface area contributed by atoms with Gasteiger partial charge in [0.05, 0.1) is 0 Å². The Morgan fingerprint density at radius 2 is 1.96 bits per heavy atom. The highest BCUT2D eigenvalue weighted by Gasteiger charge is 2.27. The van der Waals surface area contributed by atoms with Crippen LogP contribution in [0.4, 0.5) is 10.6 Å². The second kappa shape index (κ2) is 8.53. The number of ether oxygens (including phenoxy) is 1. The van der Waals surface area contributed by atoms with E-state index in [1.165, 1.54) is 18.4 Å². The third kappa shape index (κ3) is 5.54. The minimum Gasteiger partial charge on any atom is -0.444 e. The largest absolute Gasteiger partial charge is 0.444 e. The molecule has 144 valence electrons. The van der Waals surface area contributed by atoms with Crippen molar-refractivity contribution in [3.63, 3.8) is 0 Å². The van der Waals surface area contributed by atoms with Crippen LogP contribution in [-0.4, -0.2) is 28.1 Å². The highest BCUT2D eigenvalue weighted by molar-refractivity contribution is 5.84. The van der Waals surface area contributed by atoms with Crippen molar-refractivity contribution in [1.29, 1.82) is 0 Å². The maximum Gasteiger partial charge on any atom is 0.413 e. The van der Waals surface area contributed by atoms with Crippen LogP contribution in [0.25, 0.3) is 0 Å². The summed E-state index contributed by atoms with van der Waals surface area (Å²) in [7, 11) is 0. The molecule has 1 aliphatic rings. The van der Waals surface area contributed by atoms with Crippen LogP contribution in [0.5, 0.6) is 0 Å². The van der Waals surface area contributed by atoms with Gasteiger partial charge in [-0.2, -0.15) is 0 Å². The number of likely N-dealkylation sites (tertiary alicyclic amines) is 1. The lowest BCUT2D eigenvalue weighted by molar-refractivity contribution is 0.0634. The number of pyridine rings is 1. The third-order valence-electron chi connectivity index (χ3n) is 4.66. The molecule has 1 unspecified atom stereocenters. The van der Waals surface area contributed by atoms with E-state index in [1.54, 1.807) is 6.20 Å². The SMILES string of the molecule is CC(C)(C)OC(=O)Nc1ncccc1C1CCCCN1Cc1ccccc1. The topological polar surface area (TPSA) is 54.5 Å². The molecule has 0 spiro atoms. The Labute approximate surface area is 161 Å². The molecule has 1 aromatic heterocycles. The lowest BCUT2D eigenvalue weighted by Crippen LogP contribution is -2.34. The molecule has 27 heavy (non-hydrogen) atoms. The van der Waals surface area contributed by atoms with Crippen LogP contribution in [0.3, 0.4) is 0 Å². The van der Waals surface area contributed by atoms with Gasteiger partial charge < -0.3 is 4.74 Å². The second-order valence-electron chi connectivity index (χ2n) is 8.04. The summed E-state index contributed by atoms with van der Waals surface area (Å²) < 4.78 is 5.40. The average Bonchev–Trinajstić information content (AvgIpc) is 2.62. The van der Waals surface area contributed by atoms with E-state index in [9.17, 15) is 4.79 Å². The summed E-state index contributed by atoms with van der Waals surface area (Å²) in [5, 5.41) is 2.85. The molecule has 5 nitrogen and oxygen atoms in total. The van der Waals surface area contributed by atoms with Crippen LogP contribution in [0.15, 0.2) is 48.7 Å². The Hall–Kier alpha value is -2.40. The van der Waals surface area contributed by atoms with Gasteiger partial charge in [0.1, 0.15) is 11.4 Å². The van der Waals surface area contributed by atoms with Gasteiger partial charge in [-0.15, -0.1) is 0 Å². The number of piperidine rings is 1. The summed E-state index contributed by atoms with van der Waals surface area (Å²) in [6.45, 7) is 7.50. The molecule has 0 aliphatic carbocycles. The van der Waals surface area contributed by atoms with Crippen molar-refractivity contribution in [3.8, 4) is 0 Å². The van der Waals surface area contributed by atoms with Crippen LogP contribution in [0.1, 0.15) is 57.2 Å². The molecule has 5 heteroatoms. The summed E-state index contributed by atoms with van der Waals surface area (Å²) in [4.78, 5) is 19.2. The van der Waals surface area contributed by atoms with Crippen molar-refractivity contribution < 1.29 is 9.53 Å². The van der Waals surface area contributed by atoms with Crippen molar-refractivity contribution in [3.05, 3.63) is 59.8 Å². The summed E-state index contributed by atoms with van der Waals surface area (Å²) in [6, 6.07) is 14.8. The van der Waals surface area contributed by atoms with Crippen LogP contribution >= 0.6 is 0 Å². The molecule has 1 atom stereocenters. The van der Waals surface area contributed by atoms with Gasteiger partial charge in [0, 0.05) is 24.3 Å². The first kappa shape index (κ1) is 19.4. The molecule has 1 N–H and O–H groups in total. The third-order valence-corrected chi connectivity index (χ3v) is 4.66. The number of aromatic nitrogens is 1. The molecule has 0 radical (unpaired) electrons. The van der Waals surface area contributed by atoms with Crippen LogP contribution in [0.2, 0.25) is 0 Å². The summed E-state index contributed by atoms with van der Waals surface area (Å²) in [6.07, 6.45) is 4.67. The highest BCUT2D eigenvalue weighted by Crippen LogP contribution is 2.35. The molecule has 2 heterocycles. The molecule has 1 aliphatic heterocycles. The minimum absolute atomic E-state index is 0.234. The Bertz CT molecular complexity index is 756. The van der Waals surface area contributed by atoms with Crippen molar-refractivity contribution in [1.82, 2.24) is 9.88 Å². The van der Waals surface area contributed by atoms with Gasteiger partial charge >= 0.3 is 6.09 Å². The fourth-order valence-electron chi connectivity index (χ4n) is 3.54. The van der Waals surface area contributed by atoms with Crippen molar-refractivity contribution in [2.45, 2.75) is 58.2 Å². The number of nitrogens with one attached hydrogen (secondary N) is 1. The predicted molar refractivity (Wildman–Crippen MR) is 108 cm³/mol. The van der Waals surface area contributed by atoms with Gasteiger partial charge in [-0.25, -0.2) is 9.78 Å². The van der Waals surface area contributed by atoms with Gasteiger partial charge in [-0.1, -0.05) is 42.8 Å². The normalized spacial score (nSPS) is 18.1. The van der Waals surface area contributed by atoms with E-state index in [2.05, 4.69) is 45.5 Å². The van der Waals surface area contributed by atoms with Crippen LogP contribution < -0.4 is 5.32 Å². The first-order chi connectivity index (χ1) is 12.9. The molecule has 0 bridgehead atoms. The molecule has 1 fully saturated rings. The Kier molecular flexibility index (Phi) is 6.11. The Morgan fingerprint density at radius 1 is 1.19 bits per heavy atom. The van der Waals surface area contributed by atoms with E-state index in [0.717, 1.165) is 25.1 Å². The lowest BCUT2D eigenvalue weighted by Gasteiger charge is -2.36. The summed E-state index contributed by atoms with van der Waals surface area (Å²) in [5.41, 5.74) is 1.82. The van der Waals surface area contributed by atoms with Crippen LogP contribution in [-0.2, 0) is 11.3 Å². The van der Waals surface area contributed by atoms with Crippen molar-refractivity contribution in [2.24, 2.45) is 0 Å². The zero-order chi connectivity index (χ0) is 19.3.